The van der Waals surface area contributed by atoms with Gasteiger partial charge in [-0.05, 0) is 29.7 Å². The second-order valence-corrected chi connectivity index (χ2v) is 7.66. The first kappa shape index (κ1) is 22.6. The molecule has 1 heterocycles. The summed E-state index contributed by atoms with van der Waals surface area (Å²) in [6, 6.07) is 18.9. The maximum Gasteiger partial charge on any atom is 0.255 e. The molecule has 1 aliphatic heterocycles. The van der Waals surface area contributed by atoms with Crippen LogP contribution in [0.3, 0.4) is 0 Å². The summed E-state index contributed by atoms with van der Waals surface area (Å²) < 4.78 is 5.39. The third-order valence-electron chi connectivity index (χ3n) is 5.57. The number of carbonyl (C=O) groups excluding carboxylic acids is 1. The molecule has 7 nitrogen and oxygen atoms in total. The SMILES string of the molecule is CCC(c1ccccc1)N1CCN(C(=NC)NCc2cccc(OCC(N)=O)c2)CC1. The van der Waals surface area contributed by atoms with Crippen LogP contribution in [0.1, 0.15) is 30.5 Å². The Morgan fingerprint density at radius 1 is 1.13 bits per heavy atom. The third kappa shape index (κ3) is 6.46. The average molecular weight is 424 g/mol. The van der Waals surface area contributed by atoms with Crippen molar-refractivity contribution >= 4 is 11.9 Å². The zero-order valence-electron chi connectivity index (χ0n) is 18.5. The molecule has 7 heteroatoms. The van der Waals surface area contributed by atoms with Gasteiger partial charge in [-0.2, -0.15) is 0 Å². The maximum atomic E-state index is 10.9. The number of hydrogen-bond donors (Lipinski definition) is 2. The number of guanidine groups is 1. The Balaban J connectivity index is 1.52. The number of benzene rings is 2. The highest BCUT2D eigenvalue weighted by Gasteiger charge is 2.25. The van der Waals surface area contributed by atoms with Crippen LogP contribution in [0.25, 0.3) is 0 Å². The molecule has 166 valence electrons. The van der Waals surface area contributed by atoms with Crippen LogP contribution in [-0.4, -0.2) is 61.5 Å². The standard InChI is InChI=1S/C24H33N5O2/c1-3-22(20-9-5-4-6-10-20)28-12-14-29(15-13-28)24(26-2)27-17-19-8-7-11-21(16-19)31-18-23(25)30/h4-11,16,22H,3,12-15,17-18H2,1-2H3,(H2,25,30)(H,26,27). The largest absolute Gasteiger partial charge is 0.484 e. The molecule has 0 bridgehead atoms. The maximum absolute atomic E-state index is 10.9. The minimum atomic E-state index is -0.486. The van der Waals surface area contributed by atoms with E-state index in [4.69, 9.17) is 10.5 Å². The van der Waals surface area contributed by atoms with Gasteiger partial charge in [-0.15, -0.1) is 0 Å². The van der Waals surface area contributed by atoms with Gasteiger partial charge in [-0.3, -0.25) is 14.7 Å². The Kier molecular flexibility index (Phi) is 8.29. The number of amides is 1. The van der Waals surface area contributed by atoms with Crippen molar-refractivity contribution in [3.05, 3.63) is 65.7 Å². The lowest BCUT2D eigenvalue weighted by atomic mass is 10.0. The molecule has 1 unspecified atom stereocenters. The average Bonchev–Trinajstić information content (AvgIpc) is 2.80. The molecule has 31 heavy (non-hydrogen) atoms. The first-order valence-corrected chi connectivity index (χ1v) is 10.8. The topological polar surface area (TPSA) is 83.2 Å². The summed E-state index contributed by atoms with van der Waals surface area (Å²) in [5.74, 6) is 1.05. The summed E-state index contributed by atoms with van der Waals surface area (Å²) in [6.45, 7) is 6.64. The van der Waals surface area contributed by atoms with Crippen molar-refractivity contribution in [1.82, 2.24) is 15.1 Å². The predicted molar refractivity (Wildman–Crippen MR) is 124 cm³/mol. The van der Waals surface area contributed by atoms with E-state index in [0.29, 0.717) is 18.3 Å². The van der Waals surface area contributed by atoms with Gasteiger partial charge < -0.3 is 20.7 Å². The first-order chi connectivity index (χ1) is 15.1. The van der Waals surface area contributed by atoms with Crippen LogP contribution in [-0.2, 0) is 11.3 Å². The Morgan fingerprint density at radius 3 is 2.52 bits per heavy atom. The lowest BCUT2D eigenvalue weighted by molar-refractivity contribution is -0.119. The molecular formula is C24H33N5O2. The van der Waals surface area contributed by atoms with Crippen molar-refractivity contribution in [2.45, 2.75) is 25.9 Å². The number of ether oxygens (including phenoxy) is 1. The van der Waals surface area contributed by atoms with E-state index >= 15 is 0 Å². The fraction of sp³-hybridized carbons (Fsp3) is 0.417. The first-order valence-electron chi connectivity index (χ1n) is 10.8. The van der Waals surface area contributed by atoms with Gasteiger partial charge in [0.2, 0.25) is 0 Å². The van der Waals surface area contributed by atoms with Crippen LogP contribution >= 0.6 is 0 Å². The van der Waals surface area contributed by atoms with E-state index in [1.165, 1.54) is 5.56 Å². The number of carbonyl (C=O) groups is 1. The van der Waals surface area contributed by atoms with Crippen LogP contribution < -0.4 is 15.8 Å². The molecule has 1 amide bonds. The van der Waals surface area contributed by atoms with E-state index in [9.17, 15) is 4.79 Å². The monoisotopic (exact) mass is 423 g/mol. The molecule has 3 N–H and O–H groups in total. The highest BCUT2D eigenvalue weighted by atomic mass is 16.5. The van der Waals surface area contributed by atoms with E-state index in [2.05, 4.69) is 57.4 Å². The molecule has 1 saturated heterocycles. The lowest BCUT2D eigenvalue weighted by Gasteiger charge is -2.40. The minimum Gasteiger partial charge on any atom is -0.484 e. The molecule has 0 aliphatic carbocycles. The Morgan fingerprint density at radius 2 is 1.87 bits per heavy atom. The number of nitrogens with zero attached hydrogens (tertiary/aromatic N) is 3. The molecule has 3 rings (SSSR count). The van der Waals surface area contributed by atoms with Crippen molar-refractivity contribution in [3.8, 4) is 5.75 Å². The second kappa shape index (κ2) is 11.4. The fourth-order valence-corrected chi connectivity index (χ4v) is 4.04. The summed E-state index contributed by atoms with van der Waals surface area (Å²) >= 11 is 0. The number of piperazine rings is 1. The molecule has 0 spiro atoms. The summed E-state index contributed by atoms with van der Waals surface area (Å²) in [7, 11) is 1.82. The second-order valence-electron chi connectivity index (χ2n) is 7.66. The molecule has 1 fully saturated rings. The van der Waals surface area contributed by atoms with Crippen molar-refractivity contribution in [3.63, 3.8) is 0 Å². The summed E-state index contributed by atoms with van der Waals surface area (Å²) in [4.78, 5) is 20.3. The van der Waals surface area contributed by atoms with Crippen LogP contribution in [0.5, 0.6) is 5.75 Å². The fourth-order valence-electron chi connectivity index (χ4n) is 4.04. The molecule has 1 atom stereocenters. The van der Waals surface area contributed by atoms with Crippen LogP contribution in [0.15, 0.2) is 59.6 Å². The Bertz CT molecular complexity index is 863. The molecule has 2 aromatic rings. The number of nitrogens with two attached hydrogens (primary N) is 1. The Hall–Kier alpha value is -3.06. The van der Waals surface area contributed by atoms with Crippen LogP contribution in [0, 0.1) is 0 Å². The number of primary amides is 1. The van der Waals surface area contributed by atoms with Gasteiger partial charge in [0.25, 0.3) is 5.91 Å². The summed E-state index contributed by atoms with van der Waals surface area (Å²) in [6.07, 6.45) is 1.10. The zero-order chi connectivity index (χ0) is 22.1. The molecule has 0 saturated carbocycles. The normalized spacial score (nSPS) is 16.1. The van der Waals surface area contributed by atoms with Crippen LogP contribution in [0.4, 0.5) is 0 Å². The van der Waals surface area contributed by atoms with Crippen molar-refractivity contribution in [1.29, 1.82) is 0 Å². The molecule has 1 aliphatic rings. The van der Waals surface area contributed by atoms with Gasteiger partial charge in [0.1, 0.15) is 5.75 Å². The zero-order valence-corrected chi connectivity index (χ0v) is 18.5. The quantitative estimate of drug-likeness (QED) is 0.503. The number of aliphatic imine (C=N–C) groups is 1. The van der Waals surface area contributed by atoms with Crippen LogP contribution in [0.2, 0.25) is 0 Å². The van der Waals surface area contributed by atoms with E-state index in [0.717, 1.165) is 44.1 Å². The molecule has 2 aromatic carbocycles. The van der Waals surface area contributed by atoms with Crippen molar-refractivity contribution in [2.24, 2.45) is 10.7 Å². The minimum absolute atomic E-state index is 0.120. The summed E-state index contributed by atoms with van der Waals surface area (Å²) in [5, 5.41) is 3.45. The van der Waals surface area contributed by atoms with Gasteiger partial charge in [-0.1, -0.05) is 49.4 Å². The molecule has 0 radical (unpaired) electrons. The summed E-state index contributed by atoms with van der Waals surface area (Å²) in [5.41, 5.74) is 7.59. The molecule has 0 aromatic heterocycles. The van der Waals surface area contributed by atoms with Crippen molar-refractivity contribution < 1.29 is 9.53 Å². The molecular weight excluding hydrogens is 390 g/mol. The number of hydrogen-bond acceptors (Lipinski definition) is 4. The highest BCUT2D eigenvalue weighted by Crippen LogP contribution is 2.25. The van der Waals surface area contributed by atoms with Gasteiger partial charge in [0, 0.05) is 45.8 Å². The number of nitrogens with one attached hydrogen (secondary N) is 1. The highest BCUT2D eigenvalue weighted by molar-refractivity contribution is 5.80. The van der Waals surface area contributed by atoms with Gasteiger partial charge in [0.05, 0.1) is 0 Å². The smallest absolute Gasteiger partial charge is 0.255 e. The van der Waals surface area contributed by atoms with Gasteiger partial charge >= 0.3 is 0 Å². The number of rotatable bonds is 8. The van der Waals surface area contributed by atoms with E-state index in [-0.39, 0.29) is 6.61 Å². The van der Waals surface area contributed by atoms with E-state index in [1.54, 1.807) is 0 Å². The predicted octanol–water partition coefficient (Wildman–Crippen LogP) is 2.40. The van der Waals surface area contributed by atoms with Gasteiger partial charge in [-0.25, -0.2) is 0 Å². The van der Waals surface area contributed by atoms with Gasteiger partial charge in [0.15, 0.2) is 12.6 Å². The van der Waals surface area contributed by atoms with E-state index in [1.807, 2.05) is 31.3 Å². The van der Waals surface area contributed by atoms with Crippen molar-refractivity contribution in [2.75, 3.05) is 39.8 Å². The van der Waals surface area contributed by atoms with E-state index < -0.39 is 5.91 Å². The Labute approximate surface area is 184 Å². The third-order valence-corrected chi connectivity index (χ3v) is 5.57. The lowest BCUT2D eigenvalue weighted by Crippen LogP contribution is -2.52.